The number of hydrogen-bond acceptors (Lipinski definition) is 4. The molecule has 0 bridgehead atoms. The first kappa shape index (κ1) is 16.6. The highest BCUT2D eigenvalue weighted by molar-refractivity contribution is 7.99. The lowest BCUT2D eigenvalue weighted by Gasteiger charge is -2.32. The molecule has 0 aliphatic carbocycles. The average molecular weight is 303 g/mol. The van der Waals surface area contributed by atoms with E-state index in [9.17, 15) is 14.4 Å². The molecule has 0 aromatic heterocycles. The van der Waals surface area contributed by atoms with Gasteiger partial charge in [0, 0.05) is 31.1 Å². The lowest BCUT2D eigenvalue weighted by Crippen LogP contribution is -2.55. The molecule has 3 amide bonds. The quantitative estimate of drug-likeness (QED) is 0.750. The van der Waals surface area contributed by atoms with Crippen molar-refractivity contribution in [2.45, 2.75) is 19.9 Å². The molecule has 1 fully saturated rings. The number of carbonyl (C=O) groups is 3. The zero-order valence-corrected chi connectivity index (χ0v) is 12.6. The van der Waals surface area contributed by atoms with Gasteiger partial charge in [0.05, 0.1) is 6.54 Å². The number of amides is 3. The molecule has 1 heterocycles. The van der Waals surface area contributed by atoms with Crippen molar-refractivity contribution in [3.8, 4) is 0 Å². The van der Waals surface area contributed by atoms with Crippen LogP contribution in [0.4, 0.5) is 4.79 Å². The molecule has 0 spiro atoms. The molecule has 7 nitrogen and oxygen atoms in total. The summed E-state index contributed by atoms with van der Waals surface area (Å²) in [6.45, 7) is 5.19. The van der Waals surface area contributed by atoms with E-state index in [1.54, 1.807) is 4.90 Å². The first-order chi connectivity index (χ1) is 9.51. The van der Waals surface area contributed by atoms with Crippen molar-refractivity contribution >= 4 is 29.7 Å². The van der Waals surface area contributed by atoms with Crippen molar-refractivity contribution in [3.63, 3.8) is 0 Å². The Labute approximate surface area is 122 Å². The van der Waals surface area contributed by atoms with E-state index in [-0.39, 0.29) is 12.5 Å². The van der Waals surface area contributed by atoms with Crippen LogP contribution < -0.4 is 5.32 Å². The molecule has 1 aliphatic rings. The minimum Gasteiger partial charge on any atom is -0.480 e. The predicted octanol–water partition coefficient (Wildman–Crippen LogP) is 0.0664. The Balaban J connectivity index is 2.52. The molecular weight excluding hydrogens is 282 g/mol. The predicted molar refractivity (Wildman–Crippen MR) is 76.8 cm³/mol. The van der Waals surface area contributed by atoms with E-state index in [1.165, 1.54) is 16.7 Å². The third-order valence-corrected chi connectivity index (χ3v) is 4.20. The zero-order valence-electron chi connectivity index (χ0n) is 11.8. The molecule has 2 N–H and O–H groups in total. The number of nitrogens with one attached hydrogen (secondary N) is 1. The number of carboxylic acid groups (broad SMARTS) is 1. The van der Waals surface area contributed by atoms with E-state index in [1.807, 2.05) is 13.8 Å². The van der Waals surface area contributed by atoms with Gasteiger partial charge in [-0.3, -0.25) is 4.79 Å². The lowest BCUT2D eigenvalue weighted by molar-refractivity contribution is -0.141. The third kappa shape index (κ3) is 4.29. The number of rotatable bonds is 5. The van der Waals surface area contributed by atoms with Crippen LogP contribution in [0.1, 0.15) is 13.8 Å². The highest BCUT2D eigenvalue weighted by Gasteiger charge is 2.32. The first-order valence-corrected chi connectivity index (χ1v) is 7.79. The summed E-state index contributed by atoms with van der Waals surface area (Å²) in [6.07, 6.45) is 0. The summed E-state index contributed by atoms with van der Waals surface area (Å²) < 4.78 is 0. The molecule has 0 radical (unpaired) electrons. The SMILES string of the molecule is CCN(CC)C(=O)CNC(=O)N1CCSCC1C(=O)O. The van der Waals surface area contributed by atoms with Crippen molar-refractivity contribution in [2.75, 3.05) is 37.7 Å². The normalized spacial score (nSPS) is 18.5. The number of likely N-dealkylation sites (N-methyl/N-ethyl adjacent to an activating group) is 1. The van der Waals surface area contributed by atoms with Crippen LogP contribution in [0, 0.1) is 0 Å². The van der Waals surface area contributed by atoms with Gasteiger partial charge in [-0.15, -0.1) is 0 Å². The Morgan fingerprint density at radius 3 is 2.55 bits per heavy atom. The number of thioether (sulfide) groups is 1. The Hall–Kier alpha value is -1.44. The number of urea groups is 1. The molecular formula is C12H21N3O4S. The summed E-state index contributed by atoms with van der Waals surface area (Å²) in [4.78, 5) is 37.8. The van der Waals surface area contributed by atoms with Gasteiger partial charge in [0.2, 0.25) is 5.91 Å². The van der Waals surface area contributed by atoms with Crippen LogP contribution in [-0.4, -0.2) is 76.5 Å². The summed E-state index contributed by atoms with van der Waals surface area (Å²) >= 11 is 1.51. The molecule has 1 rings (SSSR count). The zero-order chi connectivity index (χ0) is 15.1. The largest absolute Gasteiger partial charge is 0.480 e. The standard InChI is InChI=1S/C12H21N3O4S/c1-3-14(4-2)10(16)7-13-12(19)15-5-6-20-8-9(15)11(17)18/h9H,3-8H2,1-2H3,(H,13,19)(H,17,18). The molecule has 8 heteroatoms. The maximum atomic E-state index is 12.0. The van der Waals surface area contributed by atoms with E-state index in [2.05, 4.69) is 5.32 Å². The number of hydrogen-bond donors (Lipinski definition) is 2. The number of carbonyl (C=O) groups excluding carboxylic acids is 2. The van der Waals surface area contributed by atoms with Gasteiger partial charge in [0.15, 0.2) is 0 Å². The van der Waals surface area contributed by atoms with E-state index in [4.69, 9.17) is 5.11 Å². The Kier molecular flexibility index (Phi) is 6.63. The summed E-state index contributed by atoms with van der Waals surface area (Å²) in [5, 5.41) is 11.6. The minimum absolute atomic E-state index is 0.101. The van der Waals surface area contributed by atoms with E-state index < -0.39 is 18.0 Å². The summed E-state index contributed by atoms with van der Waals surface area (Å²) in [7, 11) is 0. The Morgan fingerprint density at radius 2 is 2.00 bits per heavy atom. The van der Waals surface area contributed by atoms with Crippen molar-refractivity contribution < 1.29 is 19.5 Å². The number of nitrogens with zero attached hydrogens (tertiary/aromatic N) is 2. The van der Waals surface area contributed by atoms with Crippen LogP contribution in [-0.2, 0) is 9.59 Å². The van der Waals surface area contributed by atoms with Crippen LogP contribution in [0.25, 0.3) is 0 Å². The molecule has 1 atom stereocenters. The minimum atomic E-state index is -1.01. The van der Waals surface area contributed by atoms with E-state index in [0.717, 1.165) is 0 Å². The van der Waals surface area contributed by atoms with Gasteiger partial charge < -0.3 is 20.2 Å². The van der Waals surface area contributed by atoms with Gasteiger partial charge in [0.25, 0.3) is 0 Å². The Morgan fingerprint density at radius 1 is 1.35 bits per heavy atom. The fraction of sp³-hybridized carbons (Fsp3) is 0.750. The van der Waals surface area contributed by atoms with Crippen molar-refractivity contribution in [1.82, 2.24) is 15.1 Å². The first-order valence-electron chi connectivity index (χ1n) is 6.64. The van der Waals surface area contributed by atoms with Gasteiger partial charge in [-0.1, -0.05) is 0 Å². The van der Waals surface area contributed by atoms with Crippen molar-refractivity contribution in [2.24, 2.45) is 0 Å². The van der Waals surface area contributed by atoms with Crippen molar-refractivity contribution in [1.29, 1.82) is 0 Å². The Bertz CT molecular complexity index is 374. The van der Waals surface area contributed by atoms with Crippen LogP contribution in [0.15, 0.2) is 0 Å². The highest BCUT2D eigenvalue weighted by atomic mass is 32.2. The summed E-state index contributed by atoms with van der Waals surface area (Å²) in [6, 6.07) is -1.31. The smallest absolute Gasteiger partial charge is 0.327 e. The van der Waals surface area contributed by atoms with Gasteiger partial charge >= 0.3 is 12.0 Å². The van der Waals surface area contributed by atoms with Crippen molar-refractivity contribution in [3.05, 3.63) is 0 Å². The second-order valence-electron chi connectivity index (χ2n) is 4.35. The van der Waals surface area contributed by atoms with Gasteiger partial charge in [-0.2, -0.15) is 11.8 Å². The maximum Gasteiger partial charge on any atom is 0.327 e. The van der Waals surface area contributed by atoms with Crippen LogP contribution in [0.2, 0.25) is 0 Å². The lowest BCUT2D eigenvalue weighted by atomic mass is 10.3. The summed E-state index contributed by atoms with van der Waals surface area (Å²) in [5.74, 6) is -0.0856. The third-order valence-electron chi connectivity index (χ3n) is 3.18. The average Bonchev–Trinajstić information content (AvgIpc) is 2.46. The van der Waals surface area contributed by atoms with E-state index in [0.29, 0.717) is 31.1 Å². The topological polar surface area (TPSA) is 90.0 Å². The van der Waals surface area contributed by atoms with Gasteiger partial charge in [0.1, 0.15) is 6.04 Å². The fourth-order valence-electron chi connectivity index (χ4n) is 1.99. The molecule has 20 heavy (non-hydrogen) atoms. The molecule has 0 aromatic carbocycles. The monoisotopic (exact) mass is 303 g/mol. The van der Waals surface area contributed by atoms with Crippen LogP contribution >= 0.6 is 11.8 Å². The highest BCUT2D eigenvalue weighted by Crippen LogP contribution is 2.16. The van der Waals surface area contributed by atoms with Crippen LogP contribution in [0.5, 0.6) is 0 Å². The van der Waals surface area contributed by atoms with Gasteiger partial charge in [-0.05, 0) is 13.8 Å². The molecule has 0 aromatic rings. The molecule has 1 saturated heterocycles. The van der Waals surface area contributed by atoms with E-state index >= 15 is 0 Å². The second kappa shape index (κ2) is 7.98. The fourth-order valence-corrected chi connectivity index (χ4v) is 3.03. The summed E-state index contributed by atoms with van der Waals surface area (Å²) in [5.41, 5.74) is 0. The maximum absolute atomic E-state index is 12.0. The number of carboxylic acids is 1. The van der Waals surface area contributed by atoms with Gasteiger partial charge in [-0.25, -0.2) is 9.59 Å². The number of aliphatic carboxylic acids is 1. The molecule has 114 valence electrons. The molecule has 1 aliphatic heterocycles. The second-order valence-corrected chi connectivity index (χ2v) is 5.50. The molecule has 1 unspecified atom stereocenters. The van der Waals surface area contributed by atoms with Crippen LogP contribution in [0.3, 0.4) is 0 Å². The molecule has 0 saturated carbocycles.